The Kier molecular flexibility index (Phi) is 3.62. The predicted octanol–water partition coefficient (Wildman–Crippen LogP) is 4.01. The zero-order valence-electron chi connectivity index (χ0n) is 17.0. The standard InChI is InChI=1S/C23H34O4/c1-5-22(25)11-8-17-16-12-19-23(27-19)13-15(26-14(2)24)6-9-21(23,4)18(16)7-10-20(17,22)3/h5,15-19,25H,1,6-13H2,2-4H3/t15-,16-,17+,18+,19+,20+,21-,22+,23+/m0/s1. The summed E-state index contributed by atoms with van der Waals surface area (Å²) in [4.78, 5) is 11.5. The zero-order chi connectivity index (χ0) is 19.2. The lowest BCUT2D eigenvalue weighted by molar-refractivity contribution is -0.160. The van der Waals surface area contributed by atoms with E-state index in [2.05, 4.69) is 20.4 Å². The summed E-state index contributed by atoms with van der Waals surface area (Å²) in [6, 6.07) is 0. The highest BCUT2D eigenvalue weighted by Crippen LogP contribution is 2.74. The average Bonchev–Trinajstić information content (AvgIpc) is 3.24. The van der Waals surface area contributed by atoms with Crippen molar-refractivity contribution in [1.29, 1.82) is 0 Å². The van der Waals surface area contributed by atoms with Gasteiger partial charge in [-0.25, -0.2) is 0 Å². The van der Waals surface area contributed by atoms with Crippen LogP contribution in [0.3, 0.4) is 0 Å². The predicted molar refractivity (Wildman–Crippen MR) is 102 cm³/mol. The van der Waals surface area contributed by atoms with Crippen LogP contribution < -0.4 is 0 Å². The van der Waals surface area contributed by atoms with Crippen molar-refractivity contribution in [3.8, 4) is 0 Å². The Bertz CT molecular complexity index is 690. The summed E-state index contributed by atoms with van der Waals surface area (Å²) in [5.41, 5.74) is -0.660. The number of carbonyl (C=O) groups excluding carboxylic acids is 1. The van der Waals surface area contributed by atoms with E-state index in [0.29, 0.717) is 23.9 Å². The molecule has 5 rings (SSSR count). The van der Waals surface area contributed by atoms with Crippen molar-refractivity contribution < 1.29 is 19.4 Å². The van der Waals surface area contributed by atoms with Gasteiger partial charge in [-0.2, -0.15) is 0 Å². The van der Waals surface area contributed by atoms with Crippen molar-refractivity contribution in [2.75, 3.05) is 0 Å². The number of fused-ring (bicyclic) bond motifs is 4. The van der Waals surface area contributed by atoms with Gasteiger partial charge in [0.2, 0.25) is 0 Å². The van der Waals surface area contributed by atoms with Crippen molar-refractivity contribution >= 4 is 5.97 Å². The first-order chi connectivity index (χ1) is 12.7. The normalized spacial score (nSPS) is 58.3. The Morgan fingerprint density at radius 2 is 1.81 bits per heavy atom. The molecule has 1 spiro atoms. The maximum absolute atomic E-state index is 11.5. The fraction of sp³-hybridized carbons (Fsp3) is 0.870. The maximum atomic E-state index is 11.5. The smallest absolute Gasteiger partial charge is 0.302 e. The summed E-state index contributed by atoms with van der Waals surface area (Å²) < 4.78 is 12.0. The largest absolute Gasteiger partial charge is 0.462 e. The monoisotopic (exact) mass is 374 g/mol. The summed E-state index contributed by atoms with van der Waals surface area (Å²) in [5, 5.41) is 11.2. The molecule has 5 aliphatic rings. The van der Waals surface area contributed by atoms with Gasteiger partial charge in [-0.3, -0.25) is 4.79 Å². The number of hydrogen-bond acceptors (Lipinski definition) is 4. The highest BCUT2D eigenvalue weighted by atomic mass is 16.6. The van der Waals surface area contributed by atoms with Crippen LogP contribution in [0.1, 0.15) is 72.1 Å². The molecular formula is C23H34O4. The van der Waals surface area contributed by atoms with E-state index in [4.69, 9.17) is 9.47 Å². The molecule has 4 aliphatic carbocycles. The second-order valence-electron chi connectivity index (χ2n) is 10.6. The van der Waals surface area contributed by atoms with Crippen LogP contribution >= 0.6 is 0 Å². The first-order valence-electron chi connectivity index (χ1n) is 10.9. The maximum Gasteiger partial charge on any atom is 0.302 e. The highest BCUT2D eigenvalue weighted by Gasteiger charge is 2.77. The number of epoxide rings is 1. The van der Waals surface area contributed by atoms with Gasteiger partial charge in [0.25, 0.3) is 0 Å². The van der Waals surface area contributed by atoms with E-state index < -0.39 is 5.60 Å². The third-order valence-corrected chi connectivity index (χ3v) is 9.93. The molecule has 0 aromatic carbocycles. The lowest BCUT2D eigenvalue weighted by atomic mass is 9.44. The van der Waals surface area contributed by atoms with Crippen LogP contribution in [0.2, 0.25) is 0 Å². The fourth-order valence-electron chi connectivity index (χ4n) is 8.36. The van der Waals surface area contributed by atoms with Crippen molar-refractivity contribution in [2.24, 2.45) is 28.6 Å². The van der Waals surface area contributed by atoms with Crippen LogP contribution in [0.5, 0.6) is 0 Å². The molecule has 4 saturated carbocycles. The van der Waals surface area contributed by atoms with Crippen LogP contribution in [-0.2, 0) is 14.3 Å². The summed E-state index contributed by atoms with van der Waals surface area (Å²) >= 11 is 0. The minimum atomic E-state index is -0.713. The topological polar surface area (TPSA) is 59.1 Å². The van der Waals surface area contributed by atoms with Gasteiger partial charge in [0.1, 0.15) is 11.7 Å². The molecule has 0 aromatic rings. The van der Waals surface area contributed by atoms with E-state index in [1.807, 2.05) is 6.08 Å². The van der Waals surface area contributed by atoms with Gasteiger partial charge in [-0.05, 0) is 62.7 Å². The molecule has 4 nitrogen and oxygen atoms in total. The lowest BCUT2D eigenvalue weighted by Crippen LogP contribution is -2.60. The lowest BCUT2D eigenvalue weighted by Gasteiger charge is -2.60. The van der Waals surface area contributed by atoms with Gasteiger partial charge in [-0.15, -0.1) is 6.58 Å². The minimum Gasteiger partial charge on any atom is -0.462 e. The zero-order valence-corrected chi connectivity index (χ0v) is 17.0. The van der Waals surface area contributed by atoms with Crippen LogP contribution in [0.4, 0.5) is 0 Å². The molecule has 1 N–H and O–H groups in total. The second-order valence-corrected chi connectivity index (χ2v) is 10.6. The molecule has 0 bridgehead atoms. The van der Waals surface area contributed by atoms with E-state index in [-0.39, 0.29) is 28.5 Å². The van der Waals surface area contributed by atoms with Gasteiger partial charge < -0.3 is 14.6 Å². The second kappa shape index (κ2) is 5.38. The summed E-state index contributed by atoms with van der Waals surface area (Å²) in [7, 11) is 0. The quantitative estimate of drug-likeness (QED) is 0.451. The molecule has 0 unspecified atom stereocenters. The Hall–Kier alpha value is -0.870. The van der Waals surface area contributed by atoms with Crippen molar-refractivity contribution in [3.63, 3.8) is 0 Å². The molecule has 0 amide bonds. The van der Waals surface area contributed by atoms with Gasteiger partial charge >= 0.3 is 5.97 Å². The molecule has 0 aromatic heterocycles. The molecule has 4 heteroatoms. The third-order valence-electron chi connectivity index (χ3n) is 9.93. The Labute approximate surface area is 162 Å². The van der Waals surface area contributed by atoms with E-state index in [1.165, 1.54) is 13.3 Å². The van der Waals surface area contributed by atoms with Crippen molar-refractivity contribution in [3.05, 3.63) is 12.7 Å². The molecule has 5 fully saturated rings. The number of aliphatic hydroxyl groups is 1. The van der Waals surface area contributed by atoms with Crippen molar-refractivity contribution in [2.45, 2.75) is 95.5 Å². The number of esters is 1. The SMILES string of the molecule is C=C[C@@]1(O)CC[C@@H]2[C@@H]3C[C@H]4O[C@]45C[C@@H](OC(C)=O)CC[C@@]5(C)[C@@H]3CC[C@]21C. The van der Waals surface area contributed by atoms with Crippen LogP contribution in [0.15, 0.2) is 12.7 Å². The Morgan fingerprint density at radius 3 is 2.52 bits per heavy atom. The number of hydrogen-bond donors (Lipinski definition) is 1. The van der Waals surface area contributed by atoms with E-state index >= 15 is 0 Å². The molecular weight excluding hydrogens is 340 g/mol. The van der Waals surface area contributed by atoms with E-state index in [0.717, 1.165) is 44.9 Å². The highest BCUT2D eigenvalue weighted by molar-refractivity contribution is 5.66. The molecule has 1 saturated heterocycles. The molecule has 150 valence electrons. The average molecular weight is 375 g/mol. The van der Waals surface area contributed by atoms with Gasteiger partial charge in [0.05, 0.1) is 11.7 Å². The third kappa shape index (κ3) is 2.09. The van der Waals surface area contributed by atoms with Gasteiger partial charge in [0.15, 0.2) is 0 Å². The number of rotatable bonds is 2. The van der Waals surface area contributed by atoms with Crippen LogP contribution in [0.25, 0.3) is 0 Å². The minimum absolute atomic E-state index is 0.0170. The number of ether oxygens (including phenoxy) is 2. The van der Waals surface area contributed by atoms with E-state index in [9.17, 15) is 9.90 Å². The molecule has 0 radical (unpaired) electrons. The van der Waals surface area contributed by atoms with Gasteiger partial charge in [-0.1, -0.05) is 19.9 Å². The van der Waals surface area contributed by atoms with Crippen LogP contribution in [0, 0.1) is 28.6 Å². The molecule has 1 heterocycles. The molecule has 9 atom stereocenters. The molecule has 27 heavy (non-hydrogen) atoms. The summed E-state index contributed by atoms with van der Waals surface area (Å²) in [6.07, 6.45) is 10.4. The van der Waals surface area contributed by atoms with Crippen molar-refractivity contribution in [1.82, 2.24) is 0 Å². The first kappa shape index (κ1) is 18.2. The van der Waals surface area contributed by atoms with E-state index in [1.54, 1.807) is 0 Å². The van der Waals surface area contributed by atoms with Gasteiger partial charge in [0, 0.05) is 24.2 Å². The fourth-order valence-corrected chi connectivity index (χ4v) is 8.36. The summed E-state index contributed by atoms with van der Waals surface area (Å²) in [6.45, 7) is 10.2. The summed E-state index contributed by atoms with van der Waals surface area (Å²) in [5.74, 6) is 1.67. The Morgan fingerprint density at radius 1 is 1.15 bits per heavy atom. The Balaban J connectivity index is 1.44. The van der Waals surface area contributed by atoms with Crippen LogP contribution in [-0.4, -0.2) is 34.5 Å². The molecule has 1 aliphatic heterocycles. The number of carbonyl (C=O) groups is 1. The first-order valence-corrected chi connectivity index (χ1v) is 10.9.